The number of benzene rings is 2. The molecule has 0 unspecified atom stereocenters. The summed E-state index contributed by atoms with van der Waals surface area (Å²) >= 11 is 0. The SMILES string of the molecule is NCCNCC(=O)NCCC(=O)NC(=O)Cc1ccc(CCCCc2ccccc2)cc1. The Hall–Kier alpha value is -3.03. The molecule has 2 aromatic carbocycles. The van der Waals surface area contributed by atoms with Crippen molar-refractivity contribution in [3.8, 4) is 0 Å². The van der Waals surface area contributed by atoms with Crippen LogP contribution in [0, 0.1) is 0 Å². The number of amides is 3. The van der Waals surface area contributed by atoms with Crippen LogP contribution in [0.25, 0.3) is 0 Å². The number of aryl methyl sites for hydroxylation is 2. The topological polar surface area (TPSA) is 113 Å². The molecule has 0 saturated carbocycles. The van der Waals surface area contributed by atoms with Crippen LogP contribution in [0.2, 0.25) is 0 Å². The van der Waals surface area contributed by atoms with Gasteiger partial charge in [0.05, 0.1) is 13.0 Å². The molecule has 0 aromatic heterocycles. The van der Waals surface area contributed by atoms with Crippen molar-refractivity contribution in [3.05, 3.63) is 71.3 Å². The molecule has 3 amide bonds. The van der Waals surface area contributed by atoms with E-state index in [9.17, 15) is 14.4 Å². The standard InChI is InChI=1S/C25H34N4O3/c26-15-17-27-19-25(32)28-16-14-23(30)29-24(31)18-22-12-10-21(11-13-22)9-5-4-8-20-6-2-1-3-7-20/h1-3,6-7,10-13,27H,4-5,8-9,14-19,26H2,(H,28,32)(H,29,30,31). The first kappa shape index (κ1) is 25.2. The summed E-state index contributed by atoms with van der Waals surface area (Å²) in [5.74, 6) is -0.959. The smallest absolute Gasteiger partial charge is 0.233 e. The van der Waals surface area contributed by atoms with Crippen molar-refractivity contribution < 1.29 is 14.4 Å². The minimum Gasteiger partial charge on any atom is -0.354 e. The molecule has 5 N–H and O–H groups in total. The molecule has 0 spiro atoms. The number of imide groups is 1. The molecule has 0 atom stereocenters. The molecule has 0 saturated heterocycles. The average molecular weight is 439 g/mol. The van der Waals surface area contributed by atoms with Crippen LogP contribution in [0.5, 0.6) is 0 Å². The Balaban J connectivity index is 1.60. The first-order valence-electron chi connectivity index (χ1n) is 11.2. The van der Waals surface area contributed by atoms with Crippen molar-refractivity contribution in [3.63, 3.8) is 0 Å². The van der Waals surface area contributed by atoms with Crippen molar-refractivity contribution in [1.82, 2.24) is 16.0 Å². The summed E-state index contributed by atoms with van der Waals surface area (Å²) < 4.78 is 0. The van der Waals surface area contributed by atoms with Gasteiger partial charge in [0, 0.05) is 26.1 Å². The lowest BCUT2D eigenvalue weighted by Gasteiger charge is -2.07. The first-order chi connectivity index (χ1) is 15.6. The van der Waals surface area contributed by atoms with Crippen molar-refractivity contribution in [2.45, 2.75) is 38.5 Å². The lowest BCUT2D eigenvalue weighted by atomic mass is 10.0. The van der Waals surface area contributed by atoms with Crippen LogP contribution < -0.4 is 21.7 Å². The fourth-order valence-corrected chi connectivity index (χ4v) is 3.26. The minimum absolute atomic E-state index is 0.0519. The predicted octanol–water partition coefficient (Wildman–Crippen LogP) is 1.49. The second-order valence-electron chi connectivity index (χ2n) is 7.72. The van der Waals surface area contributed by atoms with Gasteiger partial charge in [0.25, 0.3) is 0 Å². The molecule has 0 aliphatic heterocycles. The Morgan fingerprint density at radius 2 is 1.34 bits per heavy atom. The summed E-state index contributed by atoms with van der Waals surface area (Å²) in [5.41, 5.74) is 8.80. The van der Waals surface area contributed by atoms with Crippen LogP contribution in [-0.2, 0) is 33.6 Å². The summed E-state index contributed by atoms with van der Waals surface area (Å²) in [6.07, 6.45) is 4.54. The van der Waals surface area contributed by atoms with Gasteiger partial charge in [-0.1, -0.05) is 54.6 Å². The predicted molar refractivity (Wildman–Crippen MR) is 126 cm³/mol. The second-order valence-corrected chi connectivity index (χ2v) is 7.72. The number of unbranched alkanes of at least 4 members (excludes halogenated alkanes) is 1. The van der Waals surface area contributed by atoms with Crippen molar-refractivity contribution in [2.24, 2.45) is 5.73 Å². The number of hydrogen-bond donors (Lipinski definition) is 4. The summed E-state index contributed by atoms with van der Waals surface area (Å²) in [4.78, 5) is 35.5. The molecule has 0 radical (unpaired) electrons. The fourth-order valence-electron chi connectivity index (χ4n) is 3.26. The molecule has 7 nitrogen and oxygen atoms in total. The monoisotopic (exact) mass is 438 g/mol. The van der Waals surface area contributed by atoms with Gasteiger partial charge < -0.3 is 16.4 Å². The normalized spacial score (nSPS) is 10.5. The lowest BCUT2D eigenvalue weighted by molar-refractivity contribution is -0.129. The van der Waals surface area contributed by atoms with Gasteiger partial charge in [0.1, 0.15) is 0 Å². The molecular weight excluding hydrogens is 404 g/mol. The first-order valence-corrected chi connectivity index (χ1v) is 11.2. The number of carbonyl (C=O) groups is 3. The summed E-state index contributed by atoms with van der Waals surface area (Å²) in [6.45, 7) is 1.34. The Labute approximate surface area is 190 Å². The Morgan fingerprint density at radius 1 is 0.719 bits per heavy atom. The molecule has 0 aliphatic carbocycles. The van der Waals surface area contributed by atoms with Gasteiger partial charge >= 0.3 is 0 Å². The van der Waals surface area contributed by atoms with E-state index >= 15 is 0 Å². The maximum absolute atomic E-state index is 12.1. The molecule has 2 rings (SSSR count). The largest absolute Gasteiger partial charge is 0.354 e. The minimum atomic E-state index is -0.403. The summed E-state index contributed by atoms with van der Waals surface area (Å²) in [7, 11) is 0. The van der Waals surface area contributed by atoms with Crippen molar-refractivity contribution in [2.75, 3.05) is 26.2 Å². The van der Waals surface area contributed by atoms with Crippen molar-refractivity contribution in [1.29, 1.82) is 0 Å². The highest BCUT2D eigenvalue weighted by Gasteiger charge is 2.09. The zero-order chi connectivity index (χ0) is 23.0. The summed E-state index contributed by atoms with van der Waals surface area (Å²) in [5, 5.41) is 7.85. The van der Waals surface area contributed by atoms with Crippen LogP contribution >= 0.6 is 0 Å². The van der Waals surface area contributed by atoms with Crippen LogP contribution in [0.1, 0.15) is 36.0 Å². The van der Waals surface area contributed by atoms with Gasteiger partial charge in [-0.25, -0.2) is 0 Å². The van der Waals surface area contributed by atoms with E-state index in [1.54, 1.807) is 0 Å². The van der Waals surface area contributed by atoms with E-state index in [1.807, 2.05) is 30.3 Å². The molecule has 0 aliphatic rings. The molecule has 7 heteroatoms. The van der Waals surface area contributed by atoms with Gasteiger partial charge in [-0.2, -0.15) is 0 Å². The van der Waals surface area contributed by atoms with Crippen LogP contribution in [-0.4, -0.2) is 43.9 Å². The van der Waals surface area contributed by atoms with Gasteiger partial charge in [0.2, 0.25) is 17.7 Å². The fraction of sp³-hybridized carbons (Fsp3) is 0.400. The third-order valence-corrected chi connectivity index (χ3v) is 4.97. The third kappa shape index (κ3) is 10.8. The molecular formula is C25H34N4O3. The maximum Gasteiger partial charge on any atom is 0.233 e. The van der Waals surface area contributed by atoms with Crippen LogP contribution in [0.3, 0.4) is 0 Å². The maximum atomic E-state index is 12.1. The zero-order valence-corrected chi connectivity index (χ0v) is 18.6. The van der Waals surface area contributed by atoms with E-state index in [2.05, 4.69) is 40.2 Å². The van der Waals surface area contributed by atoms with Gasteiger partial charge in [0.15, 0.2) is 0 Å². The van der Waals surface area contributed by atoms with E-state index < -0.39 is 5.91 Å². The molecule has 0 heterocycles. The van der Waals surface area contributed by atoms with E-state index in [4.69, 9.17) is 5.73 Å². The van der Waals surface area contributed by atoms with Gasteiger partial charge in [-0.3, -0.25) is 19.7 Å². The quantitative estimate of drug-likeness (QED) is 0.334. The summed E-state index contributed by atoms with van der Waals surface area (Å²) in [6, 6.07) is 18.4. The Bertz CT molecular complexity index is 838. The highest BCUT2D eigenvalue weighted by molar-refractivity contribution is 5.96. The zero-order valence-electron chi connectivity index (χ0n) is 18.6. The number of hydrogen-bond acceptors (Lipinski definition) is 5. The number of rotatable bonds is 14. The second kappa shape index (κ2) is 14.9. The lowest BCUT2D eigenvalue weighted by Crippen LogP contribution is -2.38. The highest BCUT2D eigenvalue weighted by Crippen LogP contribution is 2.11. The Morgan fingerprint density at radius 3 is 2.00 bits per heavy atom. The van der Waals surface area contributed by atoms with Crippen molar-refractivity contribution >= 4 is 17.7 Å². The van der Waals surface area contributed by atoms with E-state index in [0.717, 1.165) is 31.2 Å². The van der Waals surface area contributed by atoms with Crippen LogP contribution in [0.4, 0.5) is 0 Å². The van der Waals surface area contributed by atoms with E-state index in [1.165, 1.54) is 11.1 Å². The molecule has 0 fully saturated rings. The van der Waals surface area contributed by atoms with Crippen LogP contribution in [0.15, 0.2) is 54.6 Å². The molecule has 172 valence electrons. The number of carbonyl (C=O) groups excluding carboxylic acids is 3. The molecule has 0 bridgehead atoms. The number of nitrogens with one attached hydrogen (secondary N) is 3. The molecule has 2 aromatic rings. The van der Waals surface area contributed by atoms with E-state index in [0.29, 0.717) is 13.1 Å². The number of nitrogens with two attached hydrogens (primary N) is 1. The Kier molecular flexibility index (Phi) is 11.7. The van der Waals surface area contributed by atoms with E-state index in [-0.39, 0.29) is 37.7 Å². The highest BCUT2D eigenvalue weighted by atomic mass is 16.2. The average Bonchev–Trinajstić information content (AvgIpc) is 2.78. The molecule has 32 heavy (non-hydrogen) atoms. The van der Waals surface area contributed by atoms with Gasteiger partial charge in [-0.05, 0) is 42.4 Å². The third-order valence-electron chi connectivity index (χ3n) is 4.97. The van der Waals surface area contributed by atoms with Gasteiger partial charge in [-0.15, -0.1) is 0 Å².